The van der Waals surface area contributed by atoms with Crippen molar-refractivity contribution >= 4 is 17.4 Å². The van der Waals surface area contributed by atoms with Crippen molar-refractivity contribution in [1.82, 2.24) is 4.90 Å². The lowest BCUT2D eigenvalue weighted by Gasteiger charge is -2.41. The van der Waals surface area contributed by atoms with Gasteiger partial charge in [-0.3, -0.25) is 9.80 Å². The number of likely N-dealkylation sites (tertiary alicyclic amines) is 1. The summed E-state index contributed by atoms with van der Waals surface area (Å²) in [6, 6.07) is 7.57. The van der Waals surface area contributed by atoms with Crippen molar-refractivity contribution in [1.29, 1.82) is 0 Å². The SMILES string of the molecule is CCCN1c2ccc(N(CC)C(N)=O)cc2C2CN(C3CCCC3)CCC21. The Morgan fingerprint density at radius 1 is 1.22 bits per heavy atom. The number of primary amides is 1. The van der Waals surface area contributed by atoms with E-state index in [9.17, 15) is 4.79 Å². The van der Waals surface area contributed by atoms with Crippen LogP contribution in [0.2, 0.25) is 0 Å². The molecule has 0 radical (unpaired) electrons. The number of fused-ring (bicyclic) bond motifs is 3. The van der Waals surface area contributed by atoms with E-state index in [4.69, 9.17) is 5.73 Å². The number of anilines is 2. The molecule has 0 bridgehead atoms. The van der Waals surface area contributed by atoms with Gasteiger partial charge in [-0.05, 0) is 56.4 Å². The van der Waals surface area contributed by atoms with E-state index in [1.807, 2.05) is 6.92 Å². The predicted molar refractivity (Wildman–Crippen MR) is 112 cm³/mol. The van der Waals surface area contributed by atoms with Gasteiger partial charge in [-0.25, -0.2) is 4.79 Å². The summed E-state index contributed by atoms with van der Waals surface area (Å²) in [5, 5.41) is 0. The summed E-state index contributed by atoms with van der Waals surface area (Å²) in [4.78, 5) is 18.9. The van der Waals surface area contributed by atoms with Crippen LogP contribution in [-0.4, -0.2) is 49.2 Å². The highest BCUT2D eigenvalue weighted by molar-refractivity contribution is 5.91. The lowest BCUT2D eigenvalue weighted by Crippen LogP contribution is -2.49. The zero-order chi connectivity index (χ0) is 19.0. The largest absolute Gasteiger partial charge is 0.368 e. The van der Waals surface area contributed by atoms with Crippen LogP contribution in [0.3, 0.4) is 0 Å². The molecule has 2 heterocycles. The fourth-order valence-electron chi connectivity index (χ4n) is 5.68. The lowest BCUT2D eigenvalue weighted by atomic mass is 9.88. The summed E-state index contributed by atoms with van der Waals surface area (Å²) in [5.74, 6) is 0.549. The van der Waals surface area contributed by atoms with Crippen molar-refractivity contribution in [3.63, 3.8) is 0 Å². The topological polar surface area (TPSA) is 52.8 Å². The molecule has 0 spiro atoms. The van der Waals surface area contributed by atoms with Gasteiger partial charge in [0.15, 0.2) is 0 Å². The fraction of sp³-hybridized carbons (Fsp3) is 0.682. The van der Waals surface area contributed by atoms with Gasteiger partial charge in [-0.15, -0.1) is 0 Å². The maximum atomic E-state index is 11.8. The third-order valence-corrected chi connectivity index (χ3v) is 6.93. The van der Waals surface area contributed by atoms with E-state index in [1.54, 1.807) is 4.90 Å². The van der Waals surface area contributed by atoms with Crippen molar-refractivity contribution in [2.75, 3.05) is 36.0 Å². The highest BCUT2D eigenvalue weighted by Crippen LogP contribution is 2.47. The fourth-order valence-corrected chi connectivity index (χ4v) is 5.68. The second-order valence-corrected chi connectivity index (χ2v) is 8.41. The first-order valence-corrected chi connectivity index (χ1v) is 10.9. The highest BCUT2D eigenvalue weighted by Gasteiger charge is 2.43. The van der Waals surface area contributed by atoms with Crippen LogP contribution in [0.4, 0.5) is 16.2 Å². The minimum absolute atomic E-state index is 0.367. The molecule has 148 valence electrons. The van der Waals surface area contributed by atoms with E-state index >= 15 is 0 Å². The van der Waals surface area contributed by atoms with Gasteiger partial charge in [-0.1, -0.05) is 19.8 Å². The van der Waals surface area contributed by atoms with Crippen LogP contribution in [0.15, 0.2) is 18.2 Å². The number of hydrogen-bond donors (Lipinski definition) is 1. The number of carbonyl (C=O) groups excluding carboxylic acids is 1. The number of rotatable bonds is 5. The highest BCUT2D eigenvalue weighted by atomic mass is 16.2. The second-order valence-electron chi connectivity index (χ2n) is 8.41. The Balaban J connectivity index is 1.65. The lowest BCUT2D eigenvalue weighted by molar-refractivity contribution is 0.140. The van der Waals surface area contributed by atoms with Gasteiger partial charge < -0.3 is 10.6 Å². The third-order valence-electron chi connectivity index (χ3n) is 6.93. The van der Waals surface area contributed by atoms with Crippen LogP contribution in [0.5, 0.6) is 0 Å². The molecule has 1 saturated carbocycles. The Hall–Kier alpha value is -1.75. The van der Waals surface area contributed by atoms with E-state index in [2.05, 4.69) is 34.9 Å². The van der Waals surface area contributed by atoms with Crippen LogP contribution in [-0.2, 0) is 0 Å². The average Bonchev–Trinajstić information content (AvgIpc) is 3.30. The van der Waals surface area contributed by atoms with Crippen molar-refractivity contribution in [3.05, 3.63) is 23.8 Å². The summed E-state index contributed by atoms with van der Waals surface area (Å²) < 4.78 is 0. The molecule has 5 heteroatoms. The van der Waals surface area contributed by atoms with E-state index in [1.165, 1.54) is 56.3 Å². The van der Waals surface area contributed by atoms with E-state index < -0.39 is 0 Å². The normalized spacial score (nSPS) is 25.5. The summed E-state index contributed by atoms with van der Waals surface area (Å²) in [7, 11) is 0. The van der Waals surface area contributed by atoms with Gasteiger partial charge in [0.25, 0.3) is 0 Å². The van der Waals surface area contributed by atoms with E-state index in [-0.39, 0.29) is 6.03 Å². The molecule has 2 unspecified atom stereocenters. The molecule has 0 aromatic heterocycles. The number of hydrogen-bond acceptors (Lipinski definition) is 3. The number of urea groups is 1. The molecule has 4 rings (SSSR count). The second kappa shape index (κ2) is 7.70. The van der Waals surface area contributed by atoms with E-state index in [0.717, 1.165) is 24.8 Å². The summed E-state index contributed by atoms with van der Waals surface area (Å²) >= 11 is 0. The van der Waals surface area contributed by atoms with Gasteiger partial charge in [0.1, 0.15) is 0 Å². The molecule has 1 aromatic carbocycles. The molecule has 2 fully saturated rings. The van der Waals surface area contributed by atoms with Gasteiger partial charge in [-0.2, -0.15) is 0 Å². The minimum Gasteiger partial charge on any atom is -0.368 e. The standard InChI is InChI=1S/C22H34N4O/c1-3-12-26-20-10-9-17(25(4-2)22(23)27)14-18(20)19-15-24(13-11-21(19)26)16-7-5-6-8-16/h9-10,14,16,19,21H,3-8,11-13,15H2,1-2H3,(H2,23,27). The van der Waals surface area contributed by atoms with Crippen LogP contribution in [0.1, 0.15) is 63.9 Å². The van der Waals surface area contributed by atoms with Crippen molar-refractivity contribution < 1.29 is 4.79 Å². The van der Waals surface area contributed by atoms with Gasteiger partial charge in [0.2, 0.25) is 0 Å². The Kier molecular flexibility index (Phi) is 5.31. The molecule has 1 aromatic rings. The maximum Gasteiger partial charge on any atom is 0.319 e. The molecular formula is C22H34N4O. The predicted octanol–water partition coefficient (Wildman–Crippen LogP) is 3.92. The number of nitrogens with zero attached hydrogens (tertiary/aromatic N) is 3. The molecule has 2 N–H and O–H groups in total. The van der Waals surface area contributed by atoms with Gasteiger partial charge >= 0.3 is 6.03 Å². The first kappa shape index (κ1) is 18.6. The molecular weight excluding hydrogens is 336 g/mol. The summed E-state index contributed by atoms with van der Waals surface area (Å²) in [6.45, 7) is 8.36. The Morgan fingerprint density at radius 2 is 2.00 bits per heavy atom. The third kappa shape index (κ3) is 3.31. The molecule has 5 nitrogen and oxygen atoms in total. The molecule has 3 aliphatic rings. The molecule has 2 aliphatic heterocycles. The smallest absolute Gasteiger partial charge is 0.319 e. The van der Waals surface area contributed by atoms with Crippen LogP contribution < -0.4 is 15.5 Å². The monoisotopic (exact) mass is 370 g/mol. The molecule has 27 heavy (non-hydrogen) atoms. The quantitative estimate of drug-likeness (QED) is 0.855. The van der Waals surface area contributed by atoms with Crippen LogP contribution in [0, 0.1) is 0 Å². The Morgan fingerprint density at radius 3 is 2.67 bits per heavy atom. The molecule has 2 amide bonds. The average molecular weight is 371 g/mol. The van der Waals surface area contributed by atoms with E-state index in [0.29, 0.717) is 18.5 Å². The Bertz CT molecular complexity index is 685. The summed E-state index contributed by atoms with van der Waals surface area (Å²) in [6.07, 6.45) is 7.93. The van der Waals surface area contributed by atoms with Crippen LogP contribution >= 0.6 is 0 Å². The van der Waals surface area contributed by atoms with Crippen LogP contribution in [0.25, 0.3) is 0 Å². The van der Waals surface area contributed by atoms with Crippen molar-refractivity contribution in [2.45, 2.75) is 70.4 Å². The van der Waals surface area contributed by atoms with Gasteiger partial charge in [0.05, 0.1) is 0 Å². The van der Waals surface area contributed by atoms with Crippen molar-refractivity contribution in [3.8, 4) is 0 Å². The zero-order valence-electron chi connectivity index (χ0n) is 16.9. The number of benzene rings is 1. The number of nitrogens with two attached hydrogens (primary N) is 1. The first-order chi connectivity index (χ1) is 13.1. The number of piperidine rings is 1. The minimum atomic E-state index is -0.367. The van der Waals surface area contributed by atoms with Gasteiger partial charge in [0, 0.05) is 55.6 Å². The zero-order valence-corrected chi connectivity index (χ0v) is 16.9. The number of carbonyl (C=O) groups is 1. The molecule has 1 saturated heterocycles. The molecule has 1 aliphatic carbocycles. The summed E-state index contributed by atoms with van der Waals surface area (Å²) in [5.41, 5.74) is 9.35. The Labute approximate surface area is 163 Å². The van der Waals surface area contributed by atoms with Crippen molar-refractivity contribution in [2.24, 2.45) is 5.73 Å². The maximum absolute atomic E-state index is 11.8. The molecule has 2 atom stereocenters. The number of amides is 2. The first-order valence-electron chi connectivity index (χ1n) is 10.9.